The van der Waals surface area contributed by atoms with Gasteiger partial charge in [-0.2, -0.15) is 0 Å². The lowest BCUT2D eigenvalue weighted by molar-refractivity contribution is -0.125. The van der Waals surface area contributed by atoms with E-state index < -0.39 is 0 Å². The maximum Gasteiger partial charge on any atom is 0.224 e. The quantitative estimate of drug-likeness (QED) is 0.760. The average molecular weight is 334 g/mol. The third kappa shape index (κ3) is 6.09. The molecule has 0 unspecified atom stereocenters. The number of likely N-dealkylation sites (N-methyl/N-ethyl adjacent to an activating group) is 2. The van der Waals surface area contributed by atoms with Gasteiger partial charge in [-0.25, -0.2) is 0 Å². The second kappa shape index (κ2) is 9.59. The number of hydrogen-bond donors (Lipinski definition) is 1. The van der Waals surface area contributed by atoms with E-state index in [1.807, 2.05) is 12.1 Å². The minimum absolute atomic E-state index is 0.0826. The van der Waals surface area contributed by atoms with Gasteiger partial charge in [0.25, 0.3) is 0 Å². The first-order valence-corrected chi connectivity index (χ1v) is 8.71. The molecule has 0 spiro atoms. The second-order valence-corrected chi connectivity index (χ2v) is 6.79. The minimum Gasteiger partial charge on any atom is -0.492 e. The summed E-state index contributed by atoms with van der Waals surface area (Å²) in [5, 5.41) is 3.06. The zero-order valence-electron chi connectivity index (χ0n) is 15.1. The Balaban J connectivity index is 1.66. The van der Waals surface area contributed by atoms with Crippen LogP contribution in [0.1, 0.15) is 19.3 Å². The van der Waals surface area contributed by atoms with Crippen LogP contribution in [-0.2, 0) is 4.79 Å². The Kier molecular flexibility index (Phi) is 7.46. The van der Waals surface area contributed by atoms with E-state index in [2.05, 4.69) is 41.2 Å². The summed E-state index contributed by atoms with van der Waals surface area (Å²) in [6.45, 7) is 3.09. The van der Waals surface area contributed by atoms with Crippen molar-refractivity contribution in [1.82, 2.24) is 20.1 Å². The minimum atomic E-state index is 0.0826. The Labute approximate surface area is 145 Å². The van der Waals surface area contributed by atoms with Crippen LogP contribution in [0.5, 0.6) is 5.75 Å². The van der Waals surface area contributed by atoms with Crippen LogP contribution in [0.25, 0.3) is 0 Å². The number of nitrogens with zero attached hydrogens (tertiary/aromatic N) is 3. The van der Waals surface area contributed by atoms with Gasteiger partial charge in [-0.05, 0) is 52.5 Å². The van der Waals surface area contributed by atoms with Gasteiger partial charge in [0.2, 0.25) is 5.91 Å². The molecule has 0 radical (unpaired) electrons. The molecule has 2 heterocycles. The van der Waals surface area contributed by atoms with Crippen molar-refractivity contribution in [2.75, 3.05) is 47.4 Å². The van der Waals surface area contributed by atoms with Crippen LogP contribution in [-0.4, -0.2) is 74.1 Å². The molecule has 1 fully saturated rings. The van der Waals surface area contributed by atoms with Crippen molar-refractivity contribution in [1.29, 1.82) is 0 Å². The molecule has 0 aliphatic carbocycles. The van der Waals surface area contributed by atoms with Crippen LogP contribution in [0.2, 0.25) is 0 Å². The number of ether oxygens (including phenoxy) is 1. The number of carbonyl (C=O) groups is 1. The fourth-order valence-electron chi connectivity index (χ4n) is 3.07. The molecule has 6 nitrogen and oxygen atoms in total. The molecule has 1 saturated heterocycles. The largest absolute Gasteiger partial charge is 0.492 e. The highest BCUT2D eigenvalue weighted by molar-refractivity contribution is 5.78. The predicted octanol–water partition coefficient (Wildman–Crippen LogP) is 1.24. The van der Waals surface area contributed by atoms with Crippen LogP contribution >= 0.6 is 0 Å². The van der Waals surface area contributed by atoms with Crippen molar-refractivity contribution < 1.29 is 9.53 Å². The molecule has 6 heteroatoms. The molecule has 0 saturated carbocycles. The lowest BCUT2D eigenvalue weighted by Crippen LogP contribution is -2.39. The normalized spacial score (nSPS) is 22.2. The van der Waals surface area contributed by atoms with E-state index in [9.17, 15) is 4.79 Å². The van der Waals surface area contributed by atoms with Gasteiger partial charge in [0.1, 0.15) is 5.75 Å². The molecule has 1 amide bonds. The number of hydrogen-bond acceptors (Lipinski definition) is 5. The van der Waals surface area contributed by atoms with E-state index in [1.165, 1.54) is 0 Å². The SMILES string of the molecule is CN1C[C@H](C(=O)NCCCOc2cccnc2)CC[C@H](N(C)C)C1. The molecule has 1 aromatic rings. The Morgan fingerprint density at radius 2 is 2.25 bits per heavy atom. The van der Waals surface area contributed by atoms with Gasteiger partial charge in [0.15, 0.2) is 0 Å². The van der Waals surface area contributed by atoms with Crippen molar-refractivity contribution >= 4 is 5.91 Å². The molecule has 24 heavy (non-hydrogen) atoms. The monoisotopic (exact) mass is 334 g/mol. The third-order valence-corrected chi connectivity index (χ3v) is 4.53. The number of amides is 1. The van der Waals surface area contributed by atoms with Gasteiger partial charge in [0.05, 0.1) is 18.7 Å². The predicted molar refractivity (Wildman–Crippen MR) is 95.1 cm³/mol. The summed E-state index contributed by atoms with van der Waals surface area (Å²) in [4.78, 5) is 20.9. The molecular weight excluding hydrogens is 304 g/mol. The highest BCUT2D eigenvalue weighted by Gasteiger charge is 2.27. The summed E-state index contributed by atoms with van der Waals surface area (Å²) in [5.41, 5.74) is 0. The number of nitrogens with one attached hydrogen (secondary N) is 1. The number of aromatic nitrogens is 1. The van der Waals surface area contributed by atoms with Gasteiger partial charge >= 0.3 is 0 Å². The molecule has 2 rings (SSSR count). The molecular formula is C18H30N4O2. The number of likely N-dealkylation sites (tertiary alicyclic amines) is 1. The molecule has 1 aliphatic heterocycles. The van der Waals surface area contributed by atoms with Crippen LogP contribution in [0, 0.1) is 5.92 Å². The Morgan fingerprint density at radius 3 is 2.96 bits per heavy atom. The van der Waals surface area contributed by atoms with E-state index in [0.717, 1.165) is 38.1 Å². The Morgan fingerprint density at radius 1 is 1.42 bits per heavy atom. The highest BCUT2D eigenvalue weighted by atomic mass is 16.5. The lowest BCUT2D eigenvalue weighted by Gasteiger charge is -2.25. The van der Waals surface area contributed by atoms with E-state index in [1.54, 1.807) is 12.4 Å². The molecule has 134 valence electrons. The van der Waals surface area contributed by atoms with Gasteiger partial charge in [-0.3, -0.25) is 9.78 Å². The van der Waals surface area contributed by atoms with Crippen molar-refractivity contribution in [3.8, 4) is 5.75 Å². The number of carbonyl (C=O) groups excluding carboxylic acids is 1. The summed E-state index contributed by atoms with van der Waals surface area (Å²) in [5.74, 6) is 1.02. The van der Waals surface area contributed by atoms with Crippen LogP contribution in [0.3, 0.4) is 0 Å². The topological polar surface area (TPSA) is 57.7 Å². The van der Waals surface area contributed by atoms with E-state index in [4.69, 9.17) is 4.74 Å². The van der Waals surface area contributed by atoms with E-state index >= 15 is 0 Å². The van der Waals surface area contributed by atoms with Crippen LogP contribution in [0.4, 0.5) is 0 Å². The summed E-state index contributed by atoms with van der Waals surface area (Å²) >= 11 is 0. The van der Waals surface area contributed by atoms with E-state index in [-0.39, 0.29) is 11.8 Å². The van der Waals surface area contributed by atoms with Gasteiger partial charge < -0.3 is 19.9 Å². The molecule has 0 aromatic carbocycles. The standard InChI is InChI=1S/C18H30N4O2/c1-21(2)16-8-7-15(13-22(3)14-16)18(23)20-10-5-11-24-17-6-4-9-19-12-17/h4,6,9,12,15-16H,5,7-8,10-11,13-14H2,1-3H3,(H,20,23)/t15-,16+/m1/s1. The van der Waals surface area contributed by atoms with Gasteiger partial charge in [-0.15, -0.1) is 0 Å². The zero-order chi connectivity index (χ0) is 17.4. The Bertz CT molecular complexity index is 495. The highest BCUT2D eigenvalue weighted by Crippen LogP contribution is 2.18. The first-order valence-electron chi connectivity index (χ1n) is 8.71. The van der Waals surface area contributed by atoms with Crippen molar-refractivity contribution in [3.05, 3.63) is 24.5 Å². The third-order valence-electron chi connectivity index (χ3n) is 4.53. The van der Waals surface area contributed by atoms with Crippen molar-refractivity contribution in [2.24, 2.45) is 5.92 Å². The maximum absolute atomic E-state index is 12.4. The number of pyridine rings is 1. The van der Waals surface area contributed by atoms with Crippen molar-refractivity contribution in [3.63, 3.8) is 0 Å². The smallest absolute Gasteiger partial charge is 0.224 e. The average Bonchev–Trinajstić information content (AvgIpc) is 2.77. The molecule has 0 bridgehead atoms. The Hall–Kier alpha value is -1.66. The second-order valence-electron chi connectivity index (χ2n) is 6.79. The molecule has 1 aromatic heterocycles. The summed E-state index contributed by atoms with van der Waals surface area (Å²) < 4.78 is 5.58. The van der Waals surface area contributed by atoms with Gasteiger partial charge in [-0.1, -0.05) is 0 Å². The lowest BCUT2D eigenvalue weighted by atomic mass is 10.0. The zero-order valence-corrected chi connectivity index (χ0v) is 15.1. The maximum atomic E-state index is 12.4. The van der Waals surface area contributed by atoms with E-state index in [0.29, 0.717) is 19.2 Å². The van der Waals surface area contributed by atoms with Crippen LogP contribution < -0.4 is 10.1 Å². The summed E-state index contributed by atoms with van der Waals surface area (Å²) in [6.07, 6.45) is 6.23. The van der Waals surface area contributed by atoms with Crippen LogP contribution in [0.15, 0.2) is 24.5 Å². The van der Waals surface area contributed by atoms with Gasteiger partial charge in [0, 0.05) is 31.9 Å². The molecule has 1 N–H and O–H groups in total. The molecule has 2 atom stereocenters. The first kappa shape index (κ1) is 18.7. The fourth-order valence-corrected chi connectivity index (χ4v) is 3.07. The summed E-state index contributed by atoms with van der Waals surface area (Å²) in [6, 6.07) is 4.26. The number of rotatable bonds is 7. The molecule has 1 aliphatic rings. The van der Waals surface area contributed by atoms with Crippen molar-refractivity contribution in [2.45, 2.75) is 25.3 Å². The first-order chi connectivity index (χ1) is 11.6. The fraction of sp³-hybridized carbons (Fsp3) is 0.667. The summed E-state index contributed by atoms with van der Waals surface area (Å²) in [7, 11) is 6.33.